The highest BCUT2D eigenvalue weighted by atomic mass is 16.7. The normalized spacial score (nSPS) is 14.2. The van der Waals surface area contributed by atoms with Crippen molar-refractivity contribution in [1.82, 2.24) is 15.5 Å². The fourth-order valence-corrected chi connectivity index (χ4v) is 0.725. The van der Waals surface area contributed by atoms with Crippen LogP contribution < -0.4 is 5.59 Å². The molecule has 0 radical (unpaired) electrons. The Morgan fingerprint density at radius 1 is 1.50 bits per heavy atom. The first-order chi connectivity index (χ1) is 6.72. The summed E-state index contributed by atoms with van der Waals surface area (Å²) in [6.45, 7) is -0.397. The monoisotopic (exact) mass is 197 g/mol. The van der Waals surface area contributed by atoms with Crippen LogP contribution in [0.3, 0.4) is 0 Å². The summed E-state index contributed by atoms with van der Waals surface area (Å²) >= 11 is 0. The number of carbonyl (C=O) groups excluding carboxylic acids is 3. The molecule has 1 rings (SSSR count). The highest BCUT2D eigenvalue weighted by Crippen LogP contribution is 2.12. The van der Waals surface area contributed by atoms with Gasteiger partial charge in [0.15, 0.2) is 0 Å². The summed E-state index contributed by atoms with van der Waals surface area (Å²) in [6, 6.07) is -1.55. The highest BCUT2D eigenvalue weighted by molar-refractivity contribution is 6.11. The molecular formula is C5H3N5O4. The van der Waals surface area contributed by atoms with Crippen molar-refractivity contribution in [2.75, 3.05) is 6.67 Å². The van der Waals surface area contributed by atoms with Crippen molar-refractivity contribution in [2.45, 2.75) is 0 Å². The minimum absolute atomic E-state index is 0.397. The van der Waals surface area contributed by atoms with Crippen molar-refractivity contribution in [2.24, 2.45) is 4.99 Å². The molecule has 1 aliphatic rings. The summed E-state index contributed by atoms with van der Waals surface area (Å²) < 4.78 is 0. The van der Waals surface area contributed by atoms with Crippen LogP contribution in [-0.2, 0) is 9.63 Å². The summed E-state index contributed by atoms with van der Waals surface area (Å²) in [5.74, 6) is 0. The molecule has 0 bridgehead atoms. The van der Waals surface area contributed by atoms with E-state index in [2.05, 4.69) is 9.83 Å². The zero-order valence-corrected chi connectivity index (χ0v) is 6.63. The predicted octanol–water partition coefficient (Wildman–Crippen LogP) is -0.945. The molecule has 1 fully saturated rings. The second-order valence-electron chi connectivity index (χ2n) is 2.00. The third kappa shape index (κ3) is 1.51. The van der Waals surface area contributed by atoms with Crippen LogP contribution in [0, 0.1) is 11.5 Å². The molecule has 0 aromatic heterocycles. The largest absolute Gasteiger partial charge is 0.355 e. The van der Waals surface area contributed by atoms with Gasteiger partial charge in [-0.05, 0) is 5.59 Å². The van der Waals surface area contributed by atoms with Crippen LogP contribution in [0.2, 0.25) is 0 Å². The number of nitrogens with one attached hydrogen (secondary N) is 1. The maximum absolute atomic E-state index is 11.0. The lowest BCUT2D eigenvalue weighted by molar-refractivity contribution is -0.0138. The van der Waals surface area contributed by atoms with E-state index < -0.39 is 18.7 Å². The standard InChI is InChI=1S/C5H3N5O4/c6-1-14-8-10-4(12)9(5(10)13)2-7-3-11/h8H,2H2. The lowest BCUT2D eigenvalue weighted by atomic mass is 10.5. The van der Waals surface area contributed by atoms with Crippen LogP contribution in [0.25, 0.3) is 0 Å². The third-order valence-corrected chi connectivity index (χ3v) is 1.30. The fraction of sp³-hybridized carbons (Fsp3) is 0.200. The van der Waals surface area contributed by atoms with Crippen molar-refractivity contribution < 1.29 is 19.2 Å². The molecule has 9 nitrogen and oxygen atoms in total. The molecule has 0 aromatic rings. The minimum Gasteiger partial charge on any atom is -0.309 e. The number of amides is 4. The predicted molar refractivity (Wildman–Crippen MR) is 37.3 cm³/mol. The highest BCUT2D eigenvalue weighted by Gasteiger charge is 2.44. The van der Waals surface area contributed by atoms with Crippen molar-refractivity contribution in [1.29, 1.82) is 5.26 Å². The lowest BCUT2D eigenvalue weighted by Crippen LogP contribution is -2.68. The van der Waals surface area contributed by atoms with Gasteiger partial charge in [0.05, 0.1) is 0 Å². The van der Waals surface area contributed by atoms with Crippen LogP contribution in [0.1, 0.15) is 0 Å². The van der Waals surface area contributed by atoms with E-state index in [0.29, 0.717) is 9.91 Å². The smallest absolute Gasteiger partial charge is 0.309 e. The molecule has 14 heavy (non-hydrogen) atoms. The van der Waals surface area contributed by atoms with E-state index in [1.54, 1.807) is 5.59 Å². The van der Waals surface area contributed by atoms with Crippen LogP contribution in [0.15, 0.2) is 4.99 Å². The summed E-state index contributed by atoms with van der Waals surface area (Å²) in [4.78, 5) is 39.2. The van der Waals surface area contributed by atoms with Gasteiger partial charge in [-0.25, -0.2) is 19.3 Å². The Bertz CT molecular complexity index is 338. The van der Waals surface area contributed by atoms with Crippen LogP contribution in [-0.4, -0.2) is 34.7 Å². The van der Waals surface area contributed by atoms with Gasteiger partial charge in [0.25, 0.3) is 0 Å². The molecule has 0 aliphatic carbocycles. The summed E-state index contributed by atoms with van der Waals surface area (Å²) in [5, 5.41) is 8.40. The van der Waals surface area contributed by atoms with Crippen LogP contribution >= 0.6 is 0 Å². The maximum atomic E-state index is 11.0. The lowest BCUT2D eigenvalue weighted by Gasteiger charge is -2.35. The Kier molecular flexibility index (Phi) is 2.75. The second kappa shape index (κ2) is 3.99. The Hall–Kier alpha value is -2.43. The number of hydrazine groups is 1. The Labute approximate surface area is 77.1 Å². The number of urea groups is 2. The molecule has 9 heteroatoms. The van der Waals surface area contributed by atoms with Gasteiger partial charge in [0.2, 0.25) is 6.08 Å². The molecule has 0 atom stereocenters. The minimum atomic E-state index is -0.774. The molecule has 0 spiro atoms. The Balaban J connectivity index is 2.49. The molecular weight excluding hydrogens is 194 g/mol. The average Bonchev–Trinajstić information content (AvgIpc) is 2.19. The van der Waals surface area contributed by atoms with E-state index in [9.17, 15) is 14.4 Å². The van der Waals surface area contributed by atoms with Gasteiger partial charge in [-0.2, -0.15) is 4.99 Å². The second-order valence-corrected chi connectivity index (χ2v) is 2.00. The average molecular weight is 197 g/mol. The topological polar surface area (TPSA) is 115 Å². The van der Waals surface area contributed by atoms with Crippen LogP contribution in [0.5, 0.6) is 0 Å². The van der Waals surface area contributed by atoms with Crippen molar-refractivity contribution in [3.63, 3.8) is 0 Å². The number of carbonyl (C=O) groups is 2. The van der Waals surface area contributed by atoms with Gasteiger partial charge in [0.1, 0.15) is 6.67 Å². The SMILES string of the molecule is N#CONN1C(=O)N(CN=C=O)C1=O. The number of nitriles is 1. The van der Waals surface area contributed by atoms with Crippen molar-refractivity contribution in [3.05, 3.63) is 0 Å². The molecule has 4 amide bonds. The van der Waals surface area contributed by atoms with E-state index in [4.69, 9.17) is 5.26 Å². The zero-order chi connectivity index (χ0) is 10.6. The number of aliphatic imine (C=N–C) groups is 1. The summed E-state index contributed by atoms with van der Waals surface area (Å²) in [5.41, 5.74) is 1.77. The molecule has 1 saturated heterocycles. The first kappa shape index (κ1) is 9.66. The molecule has 0 saturated carbocycles. The maximum Gasteiger partial charge on any atom is 0.355 e. The third-order valence-electron chi connectivity index (χ3n) is 1.30. The van der Waals surface area contributed by atoms with E-state index in [-0.39, 0.29) is 0 Å². The van der Waals surface area contributed by atoms with E-state index >= 15 is 0 Å². The summed E-state index contributed by atoms with van der Waals surface area (Å²) in [7, 11) is 0. The van der Waals surface area contributed by atoms with Gasteiger partial charge in [-0.1, -0.05) is 0 Å². The van der Waals surface area contributed by atoms with E-state index in [1.165, 1.54) is 12.3 Å². The number of rotatable bonds is 4. The molecule has 0 unspecified atom stereocenters. The number of hydrogen-bond donors (Lipinski definition) is 1. The molecule has 1 aliphatic heterocycles. The number of imide groups is 2. The number of isocyanates is 1. The fourth-order valence-electron chi connectivity index (χ4n) is 0.725. The van der Waals surface area contributed by atoms with Gasteiger partial charge in [-0.15, -0.1) is 10.3 Å². The first-order valence-electron chi connectivity index (χ1n) is 3.22. The van der Waals surface area contributed by atoms with E-state index in [0.717, 1.165) is 0 Å². The molecule has 1 N–H and O–H groups in total. The Morgan fingerprint density at radius 3 is 2.64 bits per heavy atom. The number of nitrogens with zero attached hydrogens (tertiary/aromatic N) is 4. The summed E-state index contributed by atoms with van der Waals surface area (Å²) in [6.07, 6.45) is 2.38. The zero-order valence-electron chi connectivity index (χ0n) is 6.63. The Morgan fingerprint density at radius 2 is 2.14 bits per heavy atom. The van der Waals surface area contributed by atoms with Gasteiger partial charge in [-0.3, -0.25) is 0 Å². The van der Waals surface area contributed by atoms with E-state index in [1.807, 2.05) is 0 Å². The van der Waals surface area contributed by atoms with Gasteiger partial charge >= 0.3 is 18.3 Å². The van der Waals surface area contributed by atoms with Crippen molar-refractivity contribution >= 4 is 18.1 Å². The first-order valence-corrected chi connectivity index (χ1v) is 3.22. The van der Waals surface area contributed by atoms with Gasteiger partial charge in [0, 0.05) is 0 Å². The quantitative estimate of drug-likeness (QED) is 0.269. The number of hydrogen-bond acceptors (Lipinski definition) is 7. The van der Waals surface area contributed by atoms with Crippen molar-refractivity contribution in [3.8, 4) is 6.26 Å². The van der Waals surface area contributed by atoms with Gasteiger partial charge < -0.3 is 4.84 Å². The molecule has 1 heterocycles. The van der Waals surface area contributed by atoms with Crippen LogP contribution in [0.4, 0.5) is 9.59 Å². The molecule has 72 valence electrons. The molecule has 0 aromatic carbocycles.